The van der Waals surface area contributed by atoms with Crippen molar-refractivity contribution >= 4 is 170 Å². The summed E-state index contributed by atoms with van der Waals surface area (Å²) in [6.07, 6.45) is 39.5. The van der Waals surface area contributed by atoms with Crippen LogP contribution >= 0.6 is 90.7 Å². The number of unbranched alkanes of at least 4 members (excludes halogenated alkanes) is 18. The molecule has 2 unspecified atom stereocenters. The van der Waals surface area contributed by atoms with Crippen LogP contribution in [0.15, 0.2) is 139 Å². The van der Waals surface area contributed by atoms with E-state index in [1.165, 1.54) is 235 Å². The zero-order valence-corrected chi connectivity index (χ0v) is 85.9. The van der Waals surface area contributed by atoms with Gasteiger partial charge in [0.2, 0.25) is 11.6 Å². The molecule has 682 valence electrons. The molecule has 0 amide bonds. The lowest BCUT2D eigenvalue weighted by molar-refractivity contribution is 0.0324. The molecule has 0 fully saturated rings. The number of carbonyl (C=O) groups is 2. The van der Waals surface area contributed by atoms with Gasteiger partial charge in [-0.2, -0.15) is 17.5 Å². The topological polar surface area (TPSA) is 154 Å². The third-order valence-corrected chi connectivity index (χ3v) is 38.8. The fourth-order valence-electron chi connectivity index (χ4n) is 20.9. The summed E-state index contributed by atoms with van der Waals surface area (Å²) < 4.78 is 36.5. The van der Waals surface area contributed by atoms with Gasteiger partial charge in [-0.3, -0.25) is 9.59 Å². The number of thiophene rings is 8. The highest BCUT2D eigenvalue weighted by molar-refractivity contribution is 7.58. The number of hydrogen-bond acceptors (Lipinski definition) is 20. The van der Waals surface area contributed by atoms with E-state index in [1.807, 2.05) is 93.9 Å². The molecule has 2 aliphatic carbocycles. The Kier molecular flexibility index (Phi) is 27.6. The summed E-state index contributed by atoms with van der Waals surface area (Å²) >= 11 is 16.9. The van der Waals surface area contributed by atoms with Crippen LogP contribution in [0.5, 0.6) is 11.5 Å². The van der Waals surface area contributed by atoms with Crippen molar-refractivity contribution in [3.05, 3.63) is 165 Å². The van der Waals surface area contributed by atoms with Crippen molar-refractivity contribution in [3.8, 4) is 125 Å². The monoisotopic (exact) mass is 1930 g/mol. The first-order chi connectivity index (χ1) is 64.4. The van der Waals surface area contributed by atoms with Gasteiger partial charge in [0.15, 0.2) is 0 Å². The first-order valence-electron chi connectivity index (χ1n) is 49.0. The molecule has 10 aromatic heterocycles. The predicted molar refractivity (Wildman–Crippen MR) is 567 cm³/mol. The minimum Gasteiger partial charge on any atom is -0.481 e. The lowest BCUT2D eigenvalue weighted by Crippen LogP contribution is -2.36. The van der Waals surface area contributed by atoms with Crippen molar-refractivity contribution in [2.24, 2.45) is 41.1 Å². The molecule has 14 aromatic rings. The van der Waals surface area contributed by atoms with Gasteiger partial charge in [-0.05, 0) is 150 Å². The number of benzene rings is 4. The second-order valence-electron chi connectivity index (χ2n) is 38.9. The SMILES string of the molecule is CCCCCCCCCCCCC1(CCCCCCCCCCCC)Oc2cc(-c3ccc(-c4c5c(c(-c6ccc(-c7cc8c(s7)-c7sc(-c9ccc(-c%10c%11c(c(-c%12ccc(C)s%12)c%12nc%13c(nc%10%12)C(=O)c%10ccccc%10-%13)N=S=N%11)s9)cc7OC8(CCC(C)CCCC(C)C)CCC(C)CCCC(C)C)s6)c6nc7c(nc46)C(=O)c4ccccc4-7)N=S=N5)s3)sc2-c2sc(C)cc21. The summed E-state index contributed by atoms with van der Waals surface area (Å²) in [5.74, 6) is 4.10. The standard InChI is InChI=1S/C110H118N8O4S10/c1-11-13-15-17-19-21-23-25-27-33-55-109(56-34-28-26-24-22-20-18-16-14-12-2)73-59-68(10)124-105(73)107-75(121-109)61-85(129-107)78-48-51-83(126-78)90-96-94(112-92-70-42-30-32-44-72(70)104(120)102(92)114-96)88(98-100(90)118-132-116-98)81-50-47-77(125-81)84-60-74-106(128-84)108-76(122-110(74,57-53-65(7)39-35-37-63(3)4)58-54-66(8)40-36-38-64(5)6)62-86(130-108)79-49-52-82(127-79)89-95-93(87(80-46-45-67(9)123-80)97-99(89)117-131-115-97)111-91-69-41-29-31-43-71(69)103(119)101(91)113-95/h29-32,41-52,59-66H,11-28,33-40,53-58H2,1-10H3. The summed E-state index contributed by atoms with van der Waals surface area (Å²) in [4.78, 5) is 69.9. The number of hydrogen-bond donors (Lipinski definition) is 0. The van der Waals surface area contributed by atoms with Crippen LogP contribution in [0.4, 0.5) is 22.7 Å². The maximum absolute atomic E-state index is 14.9. The second-order valence-corrected chi connectivity index (χ2v) is 48.9. The molecule has 4 aliphatic heterocycles. The number of aromatic nitrogens is 4. The molecule has 14 heterocycles. The van der Waals surface area contributed by atoms with Crippen LogP contribution in [-0.2, 0) is 33.9 Å². The molecule has 20 rings (SSSR count). The maximum atomic E-state index is 14.9. The van der Waals surface area contributed by atoms with E-state index in [-0.39, 0.29) is 17.2 Å². The smallest absolute Gasteiger partial charge is 0.214 e. The Bertz CT molecular complexity index is 6830. The zero-order chi connectivity index (χ0) is 90.5. The molecule has 0 radical (unpaired) electrons. The van der Waals surface area contributed by atoms with Crippen molar-refractivity contribution in [3.63, 3.8) is 0 Å². The number of carbonyl (C=O) groups excluding carboxylic acids is 2. The number of nitrogens with zero attached hydrogens (tertiary/aromatic N) is 8. The molecule has 12 nitrogen and oxygen atoms in total. The molecule has 0 N–H and O–H groups in total. The summed E-state index contributed by atoms with van der Waals surface area (Å²) in [5, 5.41) is 0. The van der Waals surface area contributed by atoms with Crippen LogP contribution in [0, 0.1) is 37.5 Å². The lowest BCUT2D eigenvalue weighted by Gasteiger charge is -2.39. The van der Waals surface area contributed by atoms with Crippen LogP contribution in [0.25, 0.3) is 135 Å². The van der Waals surface area contributed by atoms with E-state index in [0.29, 0.717) is 79.6 Å². The van der Waals surface area contributed by atoms with Crippen LogP contribution in [0.1, 0.15) is 314 Å². The number of fused-ring (bicyclic) bond motifs is 16. The third kappa shape index (κ3) is 18.0. The average molecular weight is 1940 g/mol. The largest absolute Gasteiger partial charge is 0.481 e. The molecule has 0 saturated heterocycles. The van der Waals surface area contributed by atoms with Gasteiger partial charge in [0.25, 0.3) is 0 Å². The van der Waals surface area contributed by atoms with Gasteiger partial charge in [0.05, 0.1) is 42.2 Å². The maximum Gasteiger partial charge on any atom is 0.214 e. The quantitative estimate of drug-likeness (QED) is 0.0342. The zero-order valence-electron chi connectivity index (χ0n) is 77.8. The molecule has 2 atom stereocenters. The summed E-state index contributed by atoms with van der Waals surface area (Å²) in [7, 11) is 0. The van der Waals surface area contributed by atoms with E-state index in [1.54, 1.807) is 45.3 Å². The first kappa shape index (κ1) is 91.5. The minimum atomic E-state index is -0.598. The van der Waals surface area contributed by atoms with Gasteiger partial charge in [0, 0.05) is 126 Å². The van der Waals surface area contributed by atoms with Crippen LogP contribution in [0.2, 0.25) is 0 Å². The van der Waals surface area contributed by atoms with E-state index in [0.717, 1.165) is 150 Å². The normalized spacial score (nSPS) is 15.5. The predicted octanol–water partition coefficient (Wildman–Crippen LogP) is 37.8. The Morgan fingerprint density at radius 3 is 1.05 bits per heavy atom. The Morgan fingerprint density at radius 2 is 0.644 bits per heavy atom. The molecule has 4 aromatic carbocycles. The molecular weight excluding hydrogens is 1820 g/mol. The van der Waals surface area contributed by atoms with Crippen LogP contribution < -0.4 is 9.47 Å². The fraction of sp³-hybridized carbons (Fsp3) is 0.436. The number of rotatable bonds is 43. The van der Waals surface area contributed by atoms with Gasteiger partial charge in [-0.15, -0.1) is 90.7 Å². The van der Waals surface area contributed by atoms with Gasteiger partial charge < -0.3 is 9.47 Å². The highest BCUT2D eigenvalue weighted by Gasteiger charge is 2.47. The molecule has 0 bridgehead atoms. The van der Waals surface area contributed by atoms with Gasteiger partial charge in [-0.1, -0.05) is 258 Å². The van der Waals surface area contributed by atoms with E-state index < -0.39 is 5.60 Å². The Balaban J connectivity index is 0.662. The number of aryl methyl sites for hydroxylation is 2. The first-order valence-corrected chi connectivity index (χ1v) is 57.0. The number of ether oxygens (including phenoxy) is 2. The van der Waals surface area contributed by atoms with Crippen molar-refractivity contribution in [2.75, 3.05) is 0 Å². The molecule has 22 heteroatoms. The van der Waals surface area contributed by atoms with Crippen molar-refractivity contribution in [1.29, 1.82) is 0 Å². The highest BCUT2D eigenvalue weighted by atomic mass is 32.1. The molecular formula is C110H118N8O4S10. The van der Waals surface area contributed by atoms with E-state index in [4.69, 9.17) is 46.9 Å². The summed E-state index contributed by atoms with van der Waals surface area (Å²) in [5.41, 5.74) is 15.8. The van der Waals surface area contributed by atoms with Crippen LogP contribution in [0.3, 0.4) is 0 Å². The fourth-order valence-corrected chi connectivity index (χ4v) is 31.2. The van der Waals surface area contributed by atoms with Gasteiger partial charge >= 0.3 is 0 Å². The highest BCUT2D eigenvalue weighted by Crippen LogP contribution is 2.64. The Morgan fingerprint density at radius 1 is 0.303 bits per heavy atom. The lowest BCUT2D eigenvalue weighted by atomic mass is 9.78. The van der Waals surface area contributed by atoms with Crippen LogP contribution in [-0.4, -0.2) is 31.5 Å². The van der Waals surface area contributed by atoms with Crippen molar-refractivity contribution in [2.45, 2.75) is 286 Å². The third-order valence-electron chi connectivity index (χ3n) is 28.1. The average Bonchev–Trinajstić information content (AvgIpc) is 1.58. The Hall–Kier alpha value is -8.26. The summed E-state index contributed by atoms with van der Waals surface area (Å²) in [6, 6.07) is 43.1. The number of ketones is 2. The Labute approximate surface area is 817 Å². The molecule has 0 saturated carbocycles. The summed E-state index contributed by atoms with van der Waals surface area (Å²) in [6.45, 7) is 23.4. The van der Waals surface area contributed by atoms with Crippen molar-refractivity contribution < 1.29 is 19.1 Å². The van der Waals surface area contributed by atoms with E-state index in [9.17, 15) is 9.59 Å². The molecule has 0 spiro atoms. The minimum absolute atomic E-state index is 0.114. The molecule has 6 aliphatic rings. The van der Waals surface area contributed by atoms with Gasteiger partial charge in [0.1, 0.15) is 90.3 Å². The van der Waals surface area contributed by atoms with E-state index >= 15 is 0 Å². The molecule has 132 heavy (non-hydrogen) atoms. The van der Waals surface area contributed by atoms with Crippen molar-refractivity contribution in [1.82, 2.24) is 19.9 Å². The van der Waals surface area contributed by atoms with E-state index in [2.05, 4.69) is 142 Å². The second kappa shape index (κ2) is 39.8. The van der Waals surface area contributed by atoms with Gasteiger partial charge in [-0.25, -0.2) is 19.9 Å².